The first-order chi connectivity index (χ1) is 8.38. The highest BCUT2D eigenvalue weighted by Crippen LogP contribution is 2.19. The Bertz CT molecular complexity index is 516. The van der Waals surface area contributed by atoms with Gasteiger partial charge >= 0.3 is 0 Å². The molecule has 1 aliphatic heterocycles. The van der Waals surface area contributed by atoms with Crippen LogP contribution in [0.15, 0.2) is 24.3 Å². The van der Waals surface area contributed by atoms with Crippen LogP contribution in [0, 0.1) is 5.92 Å². The van der Waals surface area contributed by atoms with Crippen LogP contribution in [0.4, 0.5) is 0 Å². The largest absolute Gasteiger partial charge is 0.395 e. The van der Waals surface area contributed by atoms with Crippen LogP contribution in [0.3, 0.4) is 0 Å². The standard InChI is InChI=1S/C13H17N3O/c17-6-5-16-12-4-2-1-3-11(12)15-13(16)7-10-8-14-9-10/h1-4,10,14,17H,5-9H2. The molecule has 0 bridgehead atoms. The van der Waals surface area contributed by atoms with Gasteiger partial charge in [0.25, 0.3) is 0 Å². The van der Waals surface area contributed by atoms with E-state index in [2.05, 4.69) is 20.9 Å². The molecule has 0 amide bonds. The lowest BCUT2D eigenvalue weighted by atomic mass is 9.99. The summed E-state index contributed by atoms with van der Waals surface area (Å²) < 4.78 is 2.15. The van der Waals surface area contributed by atoms with Crippen LogP contribution in [-0.2, 0) is 13.0 Å². The van der Waals surface area contributed by atoms with Crippen molar-refractivity contribution in [2.75, 3.05) is 19.7 Å². The number of aromatic nitrogens is 2. The third-order valence-electron chi connectivity index (χ3n) is 3.39. The third-order valence-corrected chi connectivity index (χ3v) is 3.39. The van der Waals surface area contributed by atoms with E-state index in [0.29, 0.717) is 12.5 Å². The summed E-state index contributed by atoms with van der Waals surface area (Å²) in [4.78, 5) is 4.68. The lowest BCUT2D eigenvalue weighted by Gasteiger charge is -2.26. The molecule has 1 aromatic heterocycles. The highest BCUT2D eigenvalue weighted by Gasteiger charge is 2.20. The molecule has 1 aliphatic rings. The number of nitrogens with one attached hydrogen (secondary N) is 1. The number of aliphatic hydroxyl groups is 1. The third kappa shape index (κ3) is 1.94. The molecule has 2 aromatic rings. The van der Waals surface area contributed by atoms with Crippen molar-refractivity contribution in [2.45, 2.75) is 13.0 Å². The second-order valence-electron chi connectivity index (χ2n) is 4.62. The summed E-state index contributed by atoms with van der Waals surface area (Å²) in [6.07, 6.45) is 1.00. The van der Waals surface area contributed by atoms with E-state index >= 15 is 0 Å². The molecule has 0 saturated carbocycles. The van der Waals surface area contributed by atoms with Gasteiger partial charge in [0.05, 0.1) is 17.6 Å². The maximum atomic E-state index is 9.17. The minimum Gasteiger partial charge on any atom is -0.395 e. The van der Waals surface area contributed by atoms with Crippen LogP contribution in [0.1, 0.15) is 5.82 Å². The summed E-state index contributed by atoms with van der Waals surface area (Å²) in [6.45, 7) is 2.97. The minimum absolute atomic E-state index is 0.163. The number of fused-ring (bicyclic) bond motifs is 1. The molecular weight excluding hydrogens is 214 g/mol. The van der Waals surface area contributed by atoms with Gasteiger partial charge in [-0.2, -0.15) is 0 Å². The van der Waals surface area contributed by atoms with Crippen LogP contribution in [0.25, 0.3) is 11.0 Å². The molecule has 0 aliphatic carbocycles. The average Bonchev–Trinajstić information content (AvgIpc) is 2.63. The van der Waals surface area contributed by atoms with E-state index < -0.39 is 0 Å². The fraction of sp³-hybridized carbons (Fsp3) is 0.462. The van der Waals surface area contributed by atoms with Gasteiger partial charge in [-0.25, -0.2) is 4.98 Å². The summed E-state index contributed by atoms with van der Waals surface area (Å²) in [7, 11) is 0. The van der Waals surface area contributed by atoms with E-state index in [0.717, 1.165) is 36.4 Å². The van der Waals surface area contributed by atoms with Crippen LogP contribution in [-0.4, -0.2) is 34.4 Å². The van der Waals surface area contributed by atoms with Crippen molar-refractivity contribution in [3.63, 3.8) is 0 Å². The molecule has 0 atom stereocenters. The Morgan fingerprint density at radius 3 is 2.88 bits per heavy atom. The van der Waals surface area contributed by atoms with Crippen molar-refractivity contribution in [2.24, 2.45) is 5.92 Å². The molecule has 17 heavy (non-hydrogen) atoms. The van der Waals surface area contributed by atoms with E-state index in [1.807, 2.05) is 18.2 Å². The van der Waals surface area contributed by atoms with Gasteiger partial charge in [-0.15, -0.1) is 0 Å². The van der Waals surface area contributed by atoms with E-state index in [1.165, 1.54) is 0 Å². The number of aliphatic hydroxyl groups excluding tert-OH is 1. The van der Waals surface area contributed by atoms with Crippen LogP contribution < -0.4 is 5.32 Å². The first kappa shape index (κ1) is 10.7. The first-order valence-electron chi connectivity index (χ1n) is 6.14. The molecule has 1 fully saturated rings. The SMILES string of the molecule is OCCn1c(CC2CNC2)nc2ccccc21. The quantitative estimate of drug-likeness (QED) is 0.818. The second kappa shape index (κ2) is 4.47. The predicted molar refractivity (Wildman–Crippen MR) is 66.9 cm³/mol. The molecule has 1 saturated heterocycles. The Morgan fingerprint density at radius 1 is 1.35 bits per heavy atom. The van der Waals surface area contributed by atoms with E-state index in [9.17, 15) is 0 Å². The molecule has 2 N–H and O–H groups in total. The fourth-order valence-corrected chi connectivity index (χ4v) is 2.38. The molecule has 4 heteroatoms. The number of rotatable bonds is 4. The molecule has 0 spiro atoms. The van der Waals surface area contributed by atoms with Gasteiger partial charge in [0.15, 0.2) is 0 Å². The topological polar surface area (TPSA) is 50.1 Å². The van der Waals surface area contributed by atoms with Crippen molar-refractivity contribution < 1.29 is 5.11 Å². The van der Waals surface area contributed by atoms with Crippen molar-refractivity contribution >= 4 is 11.0 Å². The average molecular weight is 231 g/mol. The zero-order chi connectivity index (χ0) is 11.7. The number of imidazole rings is 1. The maximum Gasteiger partial charge on any atom is 0.110 e. The van der Waals surface area contributed by atoms with Crippen molar-refractivity contribution in [1.82, 2.24) is 14.9 Å². The normalized spacial score (nSPS) is 16.3. The molecular formula is C13H17N3O. The summed E-state index contributed by atoms with van der Waals surface area (Å²) >= 11 is 0. The molecule has 90 valence electrons. The van der Waals surface area contributed by atoms with Crippen LogP contribution in [0.2, 0.25) is 0 Å². The smallest absolute Gasteiger partial charge is 0.110 e. The summed E-state index contributed by atoms with van der Waals surface area (Å²) in [6, 6.07) is 8.13. The molecule has 4 nitrogen and oxygen atoms in total. The first-order valence-corrected chi connectivity index (χ1v) is 6.14. The van der Waals surface area contributed by atoms with Gasteiger partial charge in [0.1, 0.15) is 5.82 Å². The van der Waals surface area contributed by atoms with Crippen molar-refractivity contribution in [1.29, 1.82) is 0 Å². The number of para-hydroxylation sites is 2. The monoisotopic (exact) mass is 231 g/mol. The molecule has 2 heterocycles. The van der Waals surface area contributed by atoms with E-state index in [1.54, 1.807) is 0 Å². The summed E-state index contributed by atoms with van der Waals surface area (Å²) in [5.41, 5.74) is 2.16. The molecule has 3 rings (SSSR count). The Labute approximate surface area is 100 Å². The Balaban J connectivity index is 1.98. The number of benzene rings is 1. The maximum absolute atomic E-state index is 9.17. The number of nitrogens with zero attached hydrogens (tertiary/aromatic N) is 2. The fourth-order valence-electron chi connectivity index (χ4n) is 2.38. The van der Waals surface area contributed by atoms with Gasteiger partial charge in [-0.05, 0) is 31.1 Å². The summed E-state index contributed by atoms with van der Waals surface area (Å²) in [5.74, 6) is 1.80. The van der Waals surface area contributed by atoms with E-state index in [4.69, 9.17) is 5.11 Å². The predicted octanol–water partition coefficient (Wildman–Crippen LogP) is 0.790. The van der Waals surface area contributed by atoms with Crippen LogP contribution in [0.5, 0.6) is 0 Å². The lowest BCUT2D eigenvalue weighted by Crippen LogP contribution is -2.43. The van der Waals surface area contributed by atoms with Gasteiger partial charge in [-0.3, -0.25) is 0 Å². The van der Waals surface area contributed by atoms with Crippen molar-refractivity contribution in [3.05, 3.63) is 30.1 Å². The van der Waals surface area contributed by atoms with E-state index in [-0.39, 0.29) is 6.61 Å². The van der Waals surface area contributed by atoms with Gasteiger partial charge < -0.3 is 15.0 Å². The zero-order valence-corrected chi connectivity index (χ0v) is 9.76. The number of hydrogen-bond donors (Lipinski definition) is 2. The zero-order valence-electron chi connectivity index (χ0n) is 9.76. The van der Waals surface area contributed by atoms with Gasteiger partial charge in [0.2, 0.25) is 0 Å². The molecule has 0 radical (unpaired) electrons. The highest BCUT2D eigenvalue weighted by molar-refractivity contribution is 5.75. The molecule has 0 unspecified atom stereocenters. The van der Waals surface area contributed by atoms with Gasteiger partial charge in [0, 0.05) is 13.0 Å². The Morgan fingerprint density at radius 2 is 2.18 bits per heavy atom. The van der Waals surface area contributed by atoms with Gasteiger partial charge in [-0.1, -0.05) is 12.1 Å². The second-order valence-corrected chi connectivity index (χ2v) is 4.62. The Hall–Kier alpha value is -1.39. The minimum atomic E-state index is 0.163. The number of hydrogen-bond acceptors (Lipinski definition) is 3. The Kier molecular flexibility index (Phi) is 2.82. The van der Waals surface area contributed by atoms with Crippen molar-refractivity contribution in [3.8, 4) is 0 Å². The summed E-state index contributed by atoms with van der Waals surface area (Å²) in [5, 5.41) is 12.4. The molecule has 1 aromatic carbocycles. The highest BCUT2D eigenvalue weighted by atomic mass is 16.3. The van der Waals surface area contributed by atoms with Crippen LogP contribution >= 0.6 is 0 Å². The lowest BCUT2D eigenvalue weighted by molar-refractivity contribution is 0.272.